The van der Waals surface area contributed by atoms with Crippen molar-refractivity contribution in [2.75, 3.05) is 25.0 Å². The lowest BCUT2D eigenvalue weighted by Gasteiger charge is -2.23. The normalized spacial score (nSPS) is 17.5. The highest BCUT2D eigenvalue weighted by atomic mass is 32.1. The van der Waals surface area contributed by atoms with Crippen molar-refractivity contribution in [3.05, 3.63) is 42.3 Å². The molecule has 6 nitrogen and oxygen atoms in total. The predicted octanol–water partition coefficient (Wildman–Crippen LogP) is 3.56. The number of aromatic nitrogens is 4. The molecular formula is C19H22N6S. The van der Waals surface area contributed by atoms with Crippen LogP contribution in [0.4, 0.5) is 5.95 Å². The summed E-state index contributed by atoms with van der Waals surface area (Å²) in [6, 6.07) is 4.67. The van der Waals surface area contributed by atoms with Gasteiger partial charge in [-0.25, -0.2) is 9.97 Å². The van der Waals surface area contributed by atoms with Crippen molar-refractivity contribution in [1.29, 1.82) is 0 Å². The largest absolute Gasteiger partial charge is 0.353 e. The minimum absolute atomic E-state index is 0.563. The zero-order valence-corrected chi connectivity index (χ0v) is 15.6. The Kier molecular flexibility index (Phi) is 5.17. The lowest BCUT2D eigenvalue weighted by Crippen LogP contribution is -2.34. The second-order valence-corrected chi connectivity index (χ2v) is 7.28. The quantitative estimate of drug-likeness (QED) is 0.719. The van der Waals surface area contributed by atoms with Crippen LogP contribution in [0, 0.1) is 0 Å². The Bertz CT molecular complexity index is 837. The smallest absolute Gasteiger partial charge is 0.223 e. The van der Waals surface area contributed by atoms with Gasteiger partial charge in [0.15, 0.2) is 0 Å². The van der Waals surface area contributed by atoms with Gasteiger partial charge in [-0.1, -0.05) is 13.0 Å². The maximum absolute atomic E-state index is 4.81. The summed E-state index contributed by atoms with van der Waals surface area (Å²) in [5.74, 6) is 0.670. The van der Waals surface area contributed by atoms with Crippen LogP contribution in [0.3, 0.4) is 0 Å². The molecule has 0 saturated carbocycles. The van der Waals surface area contributed by atoms with Crippen LogP contribution in [-0.4, -0.2) is 50.5 Å². The first-order valence-electron chi connectivity index (χ1n) is 9.00. The molecule has 0 amide bonds. The van der Waals surface area contributed by atoms with Gasteiger partial charge in [0.25, 0.3) is 0 Å². The minimum Gasteiger partial charge on any atom is -0.353 e. The number of thiophene rings is 1. The van der Waals surface area contributed by atoms with Crippen molar-refractivity contribution in [1.82, 2.24) is 24.8 Å². The molecule has 0 radical (unpaired) electrons. The van der Waals surface area contributed by atoms with E-state index in [9.17, 15) is 0 Å². The zero-order chi connectivity index (χ0) is 17.8. The number of nitrogens with one attached hydrogen (secondary N) is 1. The fraction of sp³-hybridized carbons (Fsp3) is 0.368. The molecule has 1 aliphatic heterocycles. The highest BCUT2D eigenvalue weighted by molar-refractivity contribution is 7.13. The van der Waals surface area contributed by atoms with Gasteiger partial charge in [0.05, 0.1) is 22.5 Å². The van der Waals surface area contributed by atoms with Crippen LogP contribution in [0.15, 0.2) is 42.3 Å². The van der Waals surface area contributed by atoms with Crippen LogP contribution in [0.1, 0.15) is 19.8 Å². The molecule has 7 heteroatoms. The van der Waals surface area contributed by atoms with E-state index in [1.807, 2.05) is 12.3 Å². The monoisotopic (exact) mass is 366 g/mol. The Hall–Kier alpha value is -2.38. The summed E-state index contributed by atoms with van der Waals surface area (Å²) in [5.41, 5.74) is 2.59. The maximum Gasteiger partial charge on any atom is 0.223 e. The average Bonchev–Trinajstić information content (AvgIpc) is 3.38. The number of likely N-dealkylation sites (tertiary alicyclic amines) is 1. The minimum atomic E-state index is 0.563. The Morgan fingerprint density at radius 2 is 2.23 bits per heavy atom. The van der Waals surface area contributed by atoms with Gasteiger partial charge in [0, 0.05) is 36.7 Å². The number of anilines is 1. The molecule has 1 fully saturated rings. The summed E-state index contributed by atoms with van der Waals surface area (Å²) < 4.78 is 0. The van der Waals surface area contributed by atoms with Crippen molar-refractivity contribution in [2.45, 2.75) is 25.8 Å². The molecule has 1 aliphatic rings. The zero-order valence-electron chi connectivity index (χ0n) is 14.8. The molecule has 3 aromatic rings. The average molecular weight is 366 g/mol. The third-order valence-electron chi connectivity index (χ3n) is 4.78. The third kappa shape index (κ3) is 3.59. The highest BCUT2D eigenvalue weighted by Crippen LogP contribution is 2.32. The predicted molar refractivity (Wildman–Crippen MR) is 105 cm³/mol. The van der Waals surface area contributed by atoms with Crippen molar-refractivity contribution in [3.63, 3.8) is 0 Å². The first-order valence-corrected chi connectivity index (χ1v) is 9.88. The first-order chi connectivity index (χ1) is 12.8. The molecule has 0 bridgehead atoms. The lowest BCUT2D eigenvalue weighted by molar-refractivity contribution is 0.277. The molecule has 0 spiro atoms. The maximum atomic E-state index is 4.81. The van der Waals surface area contributed by atoms with Crippen LogP contribution in [0.2, 0.25) is 0 Å². The van der Waals surface area contributed by atoms with E-state index in [1.165, 1.54) is 19.4 Å². The Morgan fingerprint density at radius 1 is 1.27 bits per heavy atom. The fourth-order valence-corrected chi connectivity index (χ4v) is 4.17. The van der Waals surface area contributed by atoms with Gasteiger partial charge in [-0.05, 0) is 37.4 Å². The van der Waals surface area contributed by atoms with Gasteiger partial charge in [-0.15, -0.1) is 11.3 Å². The lowest BCUT2D eigenvalue weighted by atomic mass is 10.1. The number of hydrogen-bond donors (Lipinski definition) is 1. The SMILES string of the molecule is CCN1CCCC1CNc1ncc(-c2cnccn2)c(-c2cccs2)n1. The van der Waals surface area contributed by atoms with E-state index >= 15 is 0 Å². The highest BCUT2D eigenvalue weighted by Gasteiger charge is 2.23. The van der Waals surface area contributed by atoms with E-state index in [2.05, 4.69) is 43.5 Å². The molecule has 4 heterocycles. The Morgan fingerprint density at radius 3 is 3.00 bits per heavy atom. The van der Waals surface area contributed by atoms with Gasteiger partial charge in [0.1, 0.15) is 0 Å². The topological polar surface area (TPSA) is 66.8 Å². The van der Waals surface area contributed by atoms with Crippen molar-refractivity contribution in [2.24, 2.45) is 0 Å². The third-order valence-corrected chi connectivity index (χ3v) is 5.66. The number of nitrogens with zero attached hydrogens (tertiary/aromatic N) is 5. The van der Waals surface area contributed by atoms with Crippen LogP contribution in [0.25, 0.3) is 21.8 Å². The molecule has 1 N–H and O–H groups in total. The van der Waals surface area contributed by atoms with Gasteiger partial charge in [-0.3, -0.25) is 14.9 Å². The summed E-state index contributed by atoms with van der Waals surface area (Å²) in [7, 11) is 0. The Labute approximate surface area is 157 Å². The van der Waals surface area contributed by atoms with Gasteiger partial charge >= 0.3 is 0 Å². The number of hydrogen-bond acceptors (Lipinski definition) is 7. The summed E-state index contributed by atoms with van der Waals surface area (Å²) in [4.78, 5) is 21.5. The second kappa shape index (κ2) is 7.88. The van der Waals surface area contributed by atoms with E-state index in [0.29, 0.717) is 12.0 Å². The molecule has 1 unspecified atom stereocenters. The molecular weight excluding hydrogens is 344 g/mol. The molecule has 0 aromatic carbocycles. The first kappa shape index (κ1) is 17.1. The second-order valence-electron chi connectivity index (χ2n) is 6.33. The number of rotatable bonds is 6. The van der Waals surface area contributed by atoms with Crippen LogP contribution in [0.5, 0.6) is 0 Å². The summed E-state index contributed by atoms with van der Waals surface area (Å²) >= 11 is 1.67. The van der Waals surface area contributed by atoms with E-state index in [4.69, 9.17) is 4.98 Å². The van der Waals surface area contributed by atoms with E-state index in [0.717, 1.165) is 34.9 Å². The molecule has 1 saturated heterocycles. The van der Waals surface area contributed by atoms with Crippen LogP contribution in [-0.2, 0) is 0 Å². The molecule has 134 valence electrons. The van der Waals surface area contributed by atoms with Gasteiger partial charge in [0.2, 0.25) is 5.95 Å². The molecule has 1 atom stereocenters. The van der Waals surface area contributed by atoms with E-state index in [1.54, 1.807) is 29.9 Å². The van der Waals surface area contributed by atoms with E-state index < -0.39 is 0 Å². The molecule has 0 aliphatic carbocycles. The molecule has 26 heavy (non-hydrogen) atoms. The van der Waals surface area contributed by atoms with E-state index in [-0.39, 0.29) is 0 Å². The van der Waals surface area contributed by atoms with Crippen molar-refractivity contribution in [3.8, 4) is 21.8 Å². The standard InChI is InChI=1S/C19H22N6S/c1-2-25-9-3-5-14(25)11-22-19-23-12-15(16-13-20-7-8-21-16)18(24-19)17-6-4-10-26-17/h4,6-8,10,12-14H,2-3,5,9,11H2,1H3,(H,22,23,24). The van der Waals surface area contributed by atoms with Gasteiger partial charge in [-0.2, -0.15) is 0 Å². The summed E-state index contributed by atoms with van der Waals surface area (Å²) in [5, 5.41) is 5.49. The van der Waals surface area contributed by atoms with Crippen molar-refractivity contribution < 1.29 is 0 Å². The van der Waals surface area contributed by atoms with Crippen LogP contribution >= 0.6 is 11.3 Å². The summed E-state index contributed by atoms with van der Waals surface area (Å²) in [6.07, 6.45) is 9.47. The van der Waals surface area contributed by atoms with Gasteiger partial charge < -0.3 is 5.32 Å². The van der Waals surface area contributed by atoms with Crippen LogP contribution < -0.4 is 5.32 Å². The molecule has 4 rings (SSSR count). The Balaban J connectivity index is 1.60. The number of likely N-dealkylation sites (N-methyl/N-ethyl adjacent to an activating group) is 1. The summed E-state index contributed by atoms with van der Waals surface area (Å²) in [6.45, 7) is 5.39. The molecule has 3 aromatic heterocycles. The fourth-order valence-electron chi connectivity index (χ4n) is 3.45. The van der Waals surface area contributed by atoms with Crippen molar-refractivity contribution >= 4 is 17.3 Å².